The molecule has 0 radical (unpaired) electrons. The van der Waals surface area contributed by atoms with E-state index in [1.54, 1.807) is 6.08 Å². The second-order valence-electron chi connectivity index (χ2n) is 1.05. The first-order valence-electron chi connectivity index (χ1n) is 2.13. The molecule has 0 aliphatic heterocycles. The highest BCUT2D eigenvalue weighted by atomic mass is 32.2. The van der Waals surface area contributed by atoms with E-state index in [4.69, 9.17) is 17.0 Å². The Labute approximate surface area is 59.1 Å². The first-order chi connectivity index (χ1) is 3.81. The van der Waals surface area contributed by atoms with Crippen LogP contribution in [-0.2, 0) is 4.74 Å². The Balaban J connectivity index is 3.11. The van der Waals surface area contributed by atoms with Crippen LogP contribution in [0.4, 0.5) is 0 Å². The second kappa shape index (κ2) is 5.12. The lowest BCUT2D eigenvalue weighted by atomic mass is 10.7. The predicted molar refractivity (Wildman–Crippen MR) is 42.3 cm³/mol. The summed E-state index contributed by atoms with van der Waals surface area (Å²) in [6, 6.07) is 0. The van der Waals surface area contributed by atoms with Crippen molar-refractivity contribution in [2.75, 3.05) is 12.9 Å². The zero-order valence-electron chi connectivity index (χ0n) is 4.72. The number of ether oxygens (including phenoxy) is 1. The van der Waals surface area contributed by atoms with Crippen molar-refractivity contribution in [2.45, 2.75) is 0 Å². The lowest BCUT2D eigenvalue weighted by molar-refractivity contribution is 0.371. The van der Waals surface area contributed by atoms with Crippen molar-refractivity contribution in [3.8, 4) is 0 Å². The average molecular weight is 148 g/mol. The smallest absolute Gasteiger partial charge is 0.220 e. The van der Waals surface area contributed by atoms with Crippen LogP contribution < -0.4 is 0 Å². The minimum absolute atomic E-state index is 0.514. The van der Waals surface area contributed by atoms with Crippen LogP contribution in [0.2, 0.25) is 0 Å². The molecular weight excluding hydrogens is 140 g/mol. The Kier molecular flexibility index (Phi) is 5.11. The molecule has 0 aromatic heterocycles. The Hall–Kier alpha value is -0.0200. The number of thioether (sulfide) groups is 1. The van der Waals surface area contributed by atoms with E-state index in [0.717, 1.165) is 0 Å². The van der Waals surface area contributed by atoms with Crippen LogP contribution in [0.1, 0.15) is 0 Å². The molecule has 0 fully saturated rings. The third-order valence-electron chi connectivity index (χ3n) is 0.486. The van der Waals surface area contributed by atoms with E-state index in [2.05, 4.69) is 6.58 Å². The summed E-state index contributed by atoms with van der Waals surface area (Å²) in [5.41, 5.74) is 0. The molecule has 0 rings (SSSR count). The van der Waals surface area contributed by atoms with Crippen LogP contribution in [-0.4, -0.2) is 17.2 Å². The molecule has 0 unspecified atom stereocenters. The quantitative estimate of drug-likeness (QED) is 0.437. The Bertz CT molecular complexity index is 90.4. The largest absolute Gasteiger partial charge is 0.474 e. The van der Waals surface area contributed by atoms with E-state index in [9.17, 15) is 0 Å². The summed E-state index contributed by atoms with van der Waals surface area (Å²) in [5, 5.41) is 0. The van der Waals surface area contributed by atoms with Gasteiger partial charge in [0.05, 0.1) is 0 Å². The Morgan fingerprint density at radius 1 is 2.00 bits per heavy atom. The maximum atomic E-state index is 4.92. The van der Waals surface area contributed by atoms with Gasteiger partial charge in [-0.1, -0.05) is 24.4 Å². The van der Waals surface area contributed by atoms with Crippen molar-refractivity contribution >= 4 is 28.4 Å². The normalized spacial score (nSPS) is 8.12. The molecule has 46 valence electrons. The minimum Gasteiger partial charge on any atom is -0.474 e. The van der Waals surface area contributed by atoms with Gasteiger partial charge in [0.1, 0.15) is 6.61 Å². The molecule has 0 heterocycles. The summed E-state index contributed by atoms with van der Waals surface area (Å²) in [6.45, 7) is 3.99. The number of hydrogen-bond acceptors (Lipinski definition) is 3. The fraction of sp³-hybridized carbons (Fsp3) is 0.400. The van der Waals surface area contributed by atoms with Gasteiger partial charge in [-0.15, -0.1) is 0 Å². The fourth-order valence-electron chi connectivity index (χ4n) is 0.186. The third kappa shape index (κ3) is 4.15. The molecule has 0 saturated heterocycles. The molecule has 3 heteroatoms. The molecule has 0 saturated carbocycles. The summed E-state index contributed by atoms with van der Waals surface area (Å²) >= 11 is 6.14. The SMILES string of the molecule is C=CCOC(=S)SC. The van der Waals surface area contributed by atoms with Crippen molar-refractivity contribution in [2.24, 2.45) is 0 Å². The molecule has 8 heavy (non-hydrogen) atoms. The Morgan fingerprint density at radius 3 is 3.00 bits per heavy atom. The Morgan fingerprint density at radius 2 is 2.62 bits per heavy atom. The van der Waals surface area contributed by atoms with Gasteiger partial charge in [-0.3, -0.25) is 0 Å². The van der Waals surface area contributed by atoms with Gasteiger partial charge in [-0.05, 0) is 18.5 Å². The fourth-order valence-corrected chi connectivity index (χ4v) is 0.440. The number of rotatable bonds is 2. The van der Waals surface area contributed by atoms with E-state index < -0.39 is 0 Å². The van der Waals surface area contributed by atoms with Crippen molar-refractivity contribution < 1.29 is 4.74 Å². The summed E-state index contributed by atoms with van der Waals surface area (Å²) in [7, 11) is 0. The summed E-state index contributed by atoms with van der Waals surface area (Å²) in [5.74, 6) is 0. The maximum absolute atomic E-state index is 4.92. The molecule has 0 bridgehead atoms. The molecule has 1 nitrogen and oxygen atoms in total. The maximum Gasteiger partial charge on any atom is 0.220 e. The molecule has 0 spiro atoms. The van der Waals surface area contributed by atoms with Crippen molar-refractivity contribution in [1.82, 2.24) is 0 Å². The van der Waals surface area contributed by atoms with Crippen LogP contribution in [0.15, 0.2) is 12.7 Å². The van der Waals surface area contributed by atoms with Gasteiger partial charge < -0.3 is 4.74 Å². The molecule has 0 aliphatic rings. The first-order valence-corrected chi connectivity index (χ1v) is 3.76. The van der Waals surface area contributed by atoms with E-state index in [1.165, 1.54) is 11.8 Å². The van der Waals surface area contributed by atoms with E-state index in [-0.39, 0.29) is 0 Å². The van der Waals surface area contributed by atoms with Gasteiger partial charge in [0.25, 0.3) is 0 Å². The zero-order chi connectivity index (χ0) is 6.41. The number of hydrogen-bond donors (Lipinski definition) is 0. The van der Waals surface area contributed by atoms with Crippen LogP contribution >= 0.6 is 24.0 Å². The van der Waals surface area contributed by atoms with E-state index >= 15 is 0 Å². The molecule has 0 amide bonds. The summed E-state index contributed by atoms with van der Waals surface area (Å²) in [6.07, 6.45) is 3.55. The van der Waals surface area contributed by atoms with E-state index in [0.29, 0.717) is 11.0 Å². The lowest BCUT2D eigenvalue weighted by Crippen LogP contribution is -1.94. The highest BCUT2D eigenvalue weighted by molar-refractivity contribution is 8.22. The average Bonchev–Trinajstić information content (AvgIpc) is 1.83. The molecular formula is C5H8OS2. The lowest BCUT2D eigenvalue weighted by Gasteiger charge is -1.97. The molecule has 0 atom stereocenters. The van der Waals surface area contributed by atoms with Gasteiger partial charge in [-0.2, -0.15) is 0 Å². The van der Waals surface area contributed by atoms with Crippen LogP contribution in [0.25, 0.3) is 0 Å². The molecule has 0 N–H and O–H groups in total. The topological polar surface area (TPSA) is 9.23 Å². The molecule has 0 aromatic carbocycles. The van der Waals surface area contributed by atoms with Gasteiger partial charge in [-0.25, -0.2) is 0 Å². The van der Waals surface area contributed by atoms with Crippen LogP contribution in [0.5, 0.6) is 0 Å². The highest BCUT2D eigenvalue weighted by Crippen LogP contribution is 1.98. The predicted octanol–water partition coefficient (Wildman–Crippen LogP) is 1.84. The zero-order valence-corrected chi connectivity index (χ0v) is 6.35. The van der Waals surface area contributed by atoms with Gasteiger partial charge in [0.15, 0.2) is 0 Å². The highest BCUT2D eigenvalue weighted by Gasteiger charge is 1.87. The van der Waals surface area contributed by atoms with Gasteiger partial charge >= 0.3 is 0 Å². The standard InChI is InChI=1S/C5H8OS2/c1-3-4-6-5(7)8-2/h3H,1,4H2,2H3. The minimum atomic E-state index is 0.514. The van der Waals surface area contributed by atoms with Crippen molar-refractivity contribution in [1.29, 1.82) is 0 Å². The van der Waals surface area contributed by atoms with Crippen molar-refractivity contribution in [3.05, 3.63) is 12.7 Å². The van der Waals surface area contributed by atoms with Gasteiger partial charge in [0.2, 0.25) is 4.38 Å². The molecule has 0 aromatic rings. The summed E-state index contributed by atoms with van der Waals surface area (Å²) < 4.78 is 5.49. The van der Waals surface area contributed by atoms with Crippen LogP contribution in [0.3, 0.4) is 0 Å². The number of thiocarbonyl (C=S) groups is 1. The summed E-state index contributed by atoms with van der Waals surface area (Å²) in [4.78, 5) is 0. The van der Waals surface area contributed by atoms with E-state index in [1.807, 2.05) is 6.26 Å². The third-order valence-corrected chi connectivity index (χ3v) is 1.55. The van der Waals surface area contributed by atoms with Gasteiger partial charge in [0, 0.05) is 0 Å². The first kappa shape index (κ1) is 7.98. The van der Waals surface area contributed by atoms with Crippen molar-refractivity contribution in [3.63, 3.8) is 0 Å². The monoisotopic (exact) mass is 148 g/mol. The second-order valence-corrected chi connectivity index (χ2v) is 2.46. The van der Waals surface area contributed by atoms with Crippen LogP contribution in [0, 0.1) is 0 Å². The molecule has 0 aliphatic carbocycles.